The maximum Gasteiger partial charge on any atom is 0.407 e. The molecule has 3 fully saturated rings. The third kappa shape index (κ3) is 8.47. The van der Waals surface area contributed by atoms with Crippen LogP contribution in [0.25, 0.3) is 22.3 Å². The van der Waals surface area contributed by atoms with Gasteiger partial charge in [0, 0.05) is 12.0 Å². The first-order valence-electron chi connectivity index (χ1n) is 19.8. The monoisotopic (exact) mass is 788 g/mol. The van der Waals surface area contributed by atoms with Gasteiger partial charge in [-0.15, -0.1) is 0 Å². The van der Waals surface area contributed by atoms with E-state index >= 15 is 0 Å². The Balaban J connectivity index is 1.25. The molecule has 2 aliphatic carbocycles. The van der Waals surface area contributed by atoms with E-state index in [9.17, 15) is 27.6 Å². The van der Waals surface area contributed by atoms with E-state index in [1.807, 2.05) is 70.2 Å². The van der Waals surface area contributed by atoms with Gasteiger partial charge < -0.3 is 25.0 Å². The molecule has 2 saturated carbocycles. The molecule has 1 saturated heterocycles. The van der Waals surface area contributed by atoms with E-state index in [1.54, 1.807) is 0 Å². The summed E-state index contributed by atoms with van der Waals surface area (Å²) in [4.78, 5) is 67.2. The molecule has 2 aliphatic heterocycles. The number of cyclic esters (lactones) is 1. The predicted octanol–water partition coefficient (Wildman–Crippen LogP) is 4.80. The number of rotatable bonds is 7. The Hall–Kier alpha value is -4.79. The Labute approximate surface area is 327 Å². The van der Waals surface area contributed by atoms with Crippen LogP contribution in [-0.4, -0.2) is 89.2 Å². The highest BCUT2D eigenvalue weighted by Gasteiger charge is 2.62. The van der Waals surface area contributed by atoms with Crippen LogP contribution in [0.3, 0.4) is 0 Å². The van der Waals surface area contributed by atoms with Crippen LogP contribution in [0.2, 0.25) is 0 Å². The van der Waals surface area contributed by atoms with Gasteiger partial charge in [-0.2, -0.15) is 0 Å². The second kappa shape index (κ2) is 15.6. The predicted molar refractivity (Wildman–Crippen MR) is 209 cm³/mol. The summed E-state index contributed by atoms with van der Waals surface area (Å²) >= 11 is 0. The summed E-state index contributed by atoms with van der Waals surface area (Å²) < 4.78 is 40.0. The molecule has 15 heteroatoms. The van der Waals surface area contributed by atoms with Crippen molar-refractivity contribution < 1.29 is 37.1 Å². The fraction of sp³-hybridized carbons (Fsp3) is 0.561. The van der Waals surface area contributed by atoms with Crippen LogP contribution in [-0.2, 0) is 35.6 Å². The zero-order chi connectivity index (χ0) is 39.8. The first-order chi connectivity index (χ1) is 26.7. The Bertz CT molecular complexity index is 2100. The molecule has 3 N–H and O–H groups in total. The number of amides is 4. The van der Waals surface area contributed by atoms with Gasteiger partial charge in [-0.25, -0.2) is 23.2 Å². The summed E-state index contributed by atoms with van der Waals surface area (Å²) in [6.45, 7) is 7.47. The number of alkyl carbamates (subject to hydrolysis) is 1. The van der Waals surface area contributed by atoms with E-state index in [0.717, 1.165) is 36.8 Å². The van der Waals surface area contributed by atoms with E-state index < -0.39 is 68.2 Å². The van der Waals surface area contributed by atoms with Crippen LogP contribution >= 0.6 is 0 Å². The van der Waals surface area contributed by atoms with Crippen molar-refractivity contribution in [2.45, 2.75) is 121 Å². The summed E-state index contributed by atoms with van der Waals surface area (Å²) in [7, 11) is -3.88. The lowest BCUT2D eigenvalue weighted by atomic mass is 9.85. The average Bonchev–Trinajstić information content (AvgIpc) is 4.09. The maximum absolute atomic E-state index is 14.7. The van der Waals surface area contributed by atoms with Crippen molar-refractivity contribution in [3.05, 3.63) is 54.1 Å². The highest BCUT2D eigenvalue weighted by molar-refractivity contribution is 7.91. The summed E-state index contributed by atoms with van der Waals surface area (Å²) in [5, 5.41) is 5.04. The fourth-order valence-electron chi connectivity index (χ4n) is 7.86. The van der Waals surface area contributed by atoms with Crippen molar-refractivity contribution in [1.82, 2.24) is 30.2 Å². The molecule has 0 spiro atoms. The minimum Gasteiger partial charge on any atom is -0.471 e. The van der Waals surface area contributed by atoms with Gasteiger partial charge in [0.1, 0.15) is 29.4 Å². The molecular formula is C41H52N6O8S. The minimum absolute atomic E-state index is 0.0295. The van der Waals surface area contributed by atoms with Gasteiger partial charge >= 0.3 is 6.09 Å². The number of fused-ring (bicyclic) bond motifs is 4. The van der Waals surface area contributed by atoms with Gasteiger partial charge in [0.15, 0.2) is 0 Å². The highest BCUT2D eigenvalue weighted by atomic mass is 32.2. The van der Waals surface area contributed by atoms with E-state index in [-0.39, 0.29) is 37.8 Å². The minimum atomic E-state index is -3.88. The molecule has 300 valence electrons. The number of aryl methyl sites for hydroxylation is 1. The second-order valence-corrected chi connectivity index (χ2v) is 18.7. The molecule has 14 nitrogen and oxygen atoms in total. The lowest BCUT2D eigenvalue weighted by molar-refractivity contribution is -0.143. The third-order valence-corrected chi connectivity index (χ3v) is 13.2. The summed E-state index contributed by atoms with van der Waals surface area (Å²) in [5.74, 6) is -1.96. The fourth-order valence-corrected chi connectivity index (χ4v) is 9.22. The van der Waals surface area contributed by atoms with Crippen molar-refractivity contribution in [2.24, 2.45) is 11.3 Å². The van der Waals surface area contributed by atoms with Gasteiger partial charge in [0.2, 0.25) is 27.7 Å². The van der Waals surface area contributed by atoms with Gasteiger partial charge in [-0.05, 0) is 67.6 Å². The van der Waals surface area contributed by atoms with Crippen molar-refractivity contribution in [2.75, 3.05) is 13.2 Å². The van der Waals surface area contributed by atoms with Gasteiger partial charge in [0.25, 0.3) is 5.91 Å². The number of benzene rings is 2. The van der Waals surface area contributed by atoms with Crippen LogP contribution in [0.4, 0.5) is 4.79 Å². The van der Waals surface area contributed by atoms with E-state index in [0.29, 0.717) is 42.4 Å². The molecular weight excluding hydrogens is 737 g/mol. The van der Waals surface area contributed by atoms with E-state index in [2.05, 4.69) is 21.4 Å². The molecule has 7 rings (SSSR count). The zero-order valence-electron chi connectivity index (χ0n) is 32.5. The number of sulfonamides is 1. The molecule has 5 bridgehead atoms. The third-order valence-electron chi connectivity index (χ3n) is 11.4. The first kappa shape index (κ1) is 39.4. The number of nitrogens with zero attached hydrogens (tertiary/aromatic N) is 3. The van der Waals surface area contributed by atoms with Crippen LogP contribution < -0.4 is 20.1 Å². The lowest BCUT2D eigenvalue weighted by Gasteiger charge is -2.35. The summed E-state index contributed by atoms with van der Waals surface area (Å²) in [6, 6.07) is 13.3. The smallest absolute Gasteiger partial charge is 0.407 e. The second-order valence-electron chi connectivity index (χ2n) is 16.7. The average molecular weight is 789 g/mol. The number of hydrogen-bond donors (Lipinski definition) is 3. The molecule has 2 aromatic carbocycles. The zero-order valence-corrected chi connectivity index (χ0v) is 33.3. The molecule has 4 amide bonds. The van der Waals surface area contributed by atoms with Gasteiger partial charge in [0.05, 0.1) is 29.4 Å². The number of carbonyl (C=O) groups excluding carboxylic acids is 4. The number of hydrogen-bond acceptors (Lipinski definition) is 10. The van der Waals surface area contributed by atoms with Crippen molar-refractivity contribution in [1.29, 1.82) is 0 Å². The maximum atomic E-state index is 14.7. The molecule has 0 unspecified atom stereocenters. The molecule has 1 aromatic heterocycles. The standard InChI is InChI=1S/C41H52N6O8S/c1-5-27-23-41(27,38(50)46-56(52,53)29-17-18-29)45-35(48)32-22-28-24-47(32)37(49)34(40(2,3)4)44-39(51)54-20-12-7-6-9-13-25-16-19-30-31(21-25)43-36(55-28)33(42-30)26-14-10-8-11-15-26/h8,10-11,14-16,19,21,27-29,32,34H,5-7,9,12-13,17-18,20,22-24H2,1-4H3,(H,44,51)(H,45,48)(H,46,50)/t27-,28-,32+,34-,41+/m1/s1. The van der Waals surface area contributed by atoms with Crippen LogP contribution in [0, 0.1) is 11.3 Å². The van der Waals surface area contributed by atoms with Gasteiger partial charge in [-0.1, -0.05) is 83.4 Å². The highest BCUT2D eigenvalue weighted by Crippen LogP contribution is 2.47. The van der Waals surface area contributed by atoms with E-state index in [4.69, 9.17) is 19.4 Å². The first-order valence-corrected chi connectivity index (χ1v) is 21.4. The Kier molecular flexibility index (Phi) is 11.0. The van der Waals surface area contributed by atoms with Crippen molar-refractivity contribution in [3.8, 4) is 17.1 Å². The van der Waals surface area contributed by atoms with Crippen LogP contribution in [0.1, 0.15) is 91.0 Å². The molecule has 3 heterocycles. The lowest BCUT2D eigenvalue weighted by Crippen LogP contribution is -2.60. The quantitative estimate of drug-likeness (QED) is 0.301. The number of nitrogens with one attached hydrogen (secondary N) is 3. The Morgan fingerprint density at radius 1 is 1.00 bits per heavy atom. The van der Waals surface area contributed by atoms with Gasteiger partial charge in [-0.3, -0.25) is 19.1 Å². The molecule has 3 aromatic rings. The normalized spacial score (nSPS) is 26.2. The summed E-state index contributed by atoms with van der Waals surface area (Å²) in [6.07, 6.45) is 4.54. The number of aromatic nitrogens is 2. The topological polar surface area (TPSA) is 186 Å². The molecule has 56 heavy (non-hydrogen) atoms. The van der Waals surface area contributed by atoms with Crippen LogP contribution in [0.5, 0.6) is 5.88 Å². The van der Waals surface area contributed by atoms with Crippen molar-refractivity contribution in [3.63, 3.8) is 0 Å². The molecule has 0 radical (unpaired) electrons. The Morgan fingerprint density at radius 2 is 1.75 bits per heavy atom. The molecule has 5 atom stereocenters. The molecule has 4 aliphatic rings. The largest absolute Gasteiger partial charge is 0.471 e. The number of ether oxygens (including phenoxy) is 2. The van der Waals surface area contributed by atoms with E-state index in [1.165, 1.54) is 4.90 Å². The van der Waals surface area contributed by atoms with Crippen LogP contribution in [0.15, 0.2) is 48.5 Å². The summed E-state index contributed by atoms with van der Waals surface area (Å²) in [5.41, 5.74) is 1.50. The van der Waals surface area contributed by atoms with Crippen molar-refractivity contribution >= 4 is 44.9 Å². The SMILES string of the molecule is CC[C@@H]1C[C@@]1(NC(=O)[C@@H]1C[C@@H]2CN1C(=O)[C@H](C(C)(C)C)NC(=O)OCCCCCCc1ccc3nc(-c4ccccc4)c(nc3c1)O2)C(=O)NS(=O)(=O)C1CC1. The number of carbonyl (C=O) groups is 4. The Morgan fingerprint density at radius 3 is 2.45 bits per heavy atom.